The molecule has 0 saturated heterocycles. The van der Waals surface area contributed by atoms with Gasteiger partial charge in [-0.2, -0.15) is 0 Å². The molecule has 0 fully saturated rings. The van der Waals surface area contributed by atoms with Crippen LogP contribution in [0.4, 0.5) is 0 Å². The van der Waals surface area contributed by atoms with Crippen LogP contribution in [0.15, 0.2) is 72.8 Å². The number of nitrogens with zero attached hydrogens (tertiary/aromatic N) is 1. The molecule has 0 aromatic heterocycles. The maximum atomic E-state index is 13.9. The van der Waals surface area contributed by atoms with Gasteiger partial charge in [-0.25, -0.2) is 0 Å². The van der Waals surface area contributed by atoms with Gasteiger partial charge in [0, 0.05) is 38.2 Å². The molecule has 2 amide bonds. The lowest BCUT2D eigenvalue weighted by Crippen LogP contribution is -2.51. The minimum Gasteiger partial charge on any atom is -0.493 e. The van der Waals surface area contributed by atoms with Crippen molar-refractivity contribution >= 4 is 23.4 Å². The molecular formula is C30H35ClN2O5. The maximum absolute atomic E-state index is 13.9. The van der Waals surface area contributed by atoms with Gasteiger partial charge in [0.15, 0.2) is 11.5 Å². The fourth-order valence-corrected chi connectivity index (χ4v) is 4.28. The zero-order valence-electron chi connectivity index (χ0n) is 22.1. The van der Waals surface area contributed by atoms with E-state index in [1.165, 1.54) is 0 Å². The number of benzene rings is 3. The normalized spacial score (nSPS) is 11.5. The van der Waals surface area contributed by atoms with Crippen LogP contribution in [0.1, 0.15) is 23.1 Å². The number of carbonyl (C=O) groups excluding carboxylic acids is 2. The lowest BCUT2D eigenvalue weighted by molar-refractivity contribution is -0.140. The molecular weight excluding hydrogens is 504 g/mol. The number of hydrogen-bond acceptors (Lipinski definition) is 5. The van der Waals surface area contributed by atoms with Gasteiger partial charge in [0.1, 0.15) is 6.04 Å². The summed E-state index contributed by atoms with van der Waals surface area (Å²) in [5, 5.41) is 3.60. The molecule has 0 radical (unpaired) electrons. The van der Waals surface area contributed by atoms with Crippen LogP contribution in [0.2, 0.25) is 5.02 Å². The molecule has 0 bridgehead atoms. The molecule has 8 heteroatoms. The van der Waals surface area contributed by atoms with Crippen LogP contribution >= 0.6 is 11.6 Å². The molecule has 1 atom stereocenters. The summed E-state index contributed by atoms with van der Waals surface area (Å²) in [5.74, 6) is 0.734. The van der Waals surface area contributed by atoms with Crippen molar-refractivity contribution in [3.8, 4) is 11.5 Å². The average molecular weight is 539 g/mol. The van der Waals surface area contributed by atoms with Crippen molar-refractivity contribution in [2.75, 3.05) is 34.5 Å². The minimum atomic E-state index is -0.719. The third kappa shape index (κ3) is 8.50. The highest BCUT2D eigenvalue weighted by atomic mass is 35.5. The monoisotopic (exact) mass is 538 g/mol. The Balaban J connectivity index is 1.93. The third-order valence-electron chi connectivity index (χ3n) is 6.17. The first-order valence-corrected chi connectivity index (χ1v) is 12.9. The molecule has 0 aliphatic heterocycles. The Morgan fingerprint density at radius 2 is 1.55 bits per heavy atom. The Morgan fingerprint density at radius 3 is 2.21 bits per heavy atom. The molecule has 38 heavy (non-hydrogen) atoms. The van der Waals surface area contributed by atoms with Gasteiger partial charge in [-0.3, -0.25) is 9.59 Å². The molecule has 3 rings (SSSR count). The molecule has 7 nitrogen and oxygen atoms in total. The first-order valence-electron chi connectivity index (χ1n) is 12.5. The van der Waals surface area contributed by atoms with Crippen LogP contribution in [0.25, 0.3) is 0 Å². The Kier molecular flexibility index (Phi) is 11.5. The fraction of sp³-hybridized carbons (Fsp3) is 0.333. The van der Waals surface area contributed by atoms with E-state index in [-0.39, 0.29) is 24.8 Å². The summed E-state index contributed by atoms with van der Waals surface area (Å²) >= 11 is 6.10. The number of rotatable bonds is 14. The fourth-order valence-electron chi connectivity index (χ4n) is 4.15. The molecule has 1 unspecified atom stereocenters. The van der Waals surface area contributed by atoms with Gasteiger partial charge < -0.3 is 24.4 Å². The third-order valence-corrected chi connectivity index (χ3v) is 6.42. The van der Waals surface area contributed by atoms with Crippen LogP contribution in [0.5, 0.6) is 11.5 Å². The number of nitrogens with one attached hydrogen (secondary N) is 1. The number of amides is 2. The van der Waals surface area contributed by atoms with E-state index in [0.717, 1.165) is 16.7 Å². The van der Waals surface area contributed by atoms with Gasteiger partial charge in [-0.15, -0.1) is 0 Å². The van der Waals surface area contributed by atoms with Gasteiger partial charge in [-0.1, -0.05) is 60.1 Å². The van der Waals surface area contributed by atoms with Crippen molar-refractivity contribution in [1.82, 2.24) is 10.2 Å². The second kappa shape index (κ2) is 15.0. The molecule has 0 saturated carbocycles. The summed E-state index contributed by atoms with van der Waals surface area (Å²) in [6, 6.07) is 21.7. The topological polar surface area (TPSA) is 77.1 Å². The van der Waals surface area contributed by atoms with E-state index in [9.17, 15) is 9.59 Å². The average Bonchev–Trinajstić information content (AvgIpc) is 2.94. The van der Waals surface area contributed by atoms with Gasteiger partial charge in [0.25, 0.3) is 0 Å². The molecule has 0 heterocycles. The first-order chi connectivity index (χ1) is 18.4. The highest BCUT2D eigenvalue weighted by Gasteiger charge is 2.30. The largest absolute Gasteiger partial charge is 0.493 e. The molecule has 0 aliphatic rings. The smallest absolute Gasteiger partial charge is 0.243 e. The number of carbonyl (C=O) groups is 2. The van der Waals surface area contributed by atoms with E-state index >= 15 is 0 Å². The summed E-state index contributed by atoms with van der Waals surface area (Å²) in [5.41, 5.74) is 2.59. The summed E-state index contributed by atoms with van der Waals surface area (Å²) in [6.45, 7) is 1.25. The first kappa shape index (κ1) is 29.0. The van der Waals surface area contributed by atoms with Crippen molar-refractivity contribution in [2.24, 2.45) is 0 Å². The van der Waals surface area contributed by atoms with Crippen LogP contribution in [0.3, 0.4) is 0 Å². The van der Waals surface area contributed by atoms with Crippen LogP contribution in [-0.4, -0.2) is 57.2 Å². The van der Waals surface area contributed by atoms with Crippen molar-refractivity contribution in [3.63, 3.8) is 0 Å². The quantitative estimate of drug-likeness (QED) is 0.301. The lowest BCUT2D eigenvalue weighted by Gasteiger charge is -2.32. The van der Waals surface area contributed by atoms with E-state index in [1.54, 1.807) is 50.5 Å². The van der Waals surface area contributed by atoms with Gasteiger partial charge in [0.2, 0.25) is 11.8 Å². The Labute approximate surface area is 229 Å². The highest BCUT2D eigenvalue weighted by Crippen LogP contribution is 2.28. The second-order valence-corrected chi connectivity index (χ2v) is 9.29. The van der Waals surface area contributed by atoms with Crippen molar-refractivity contribution in [2.45, 2.75) is 31.8 Å². The van der Waals surface area contributed by atoms with E-state index < -0.39 is 6.04 Å². The van der Waals surface area contributed by atoms with Gasteiger partial charge in [0.05, 0.1) is 20.6 Å². The number of halogens is 1. The SMILES string of the molecule is COCCCNC(=O)C(Cc1ccccc1)N(Cc1ccc(Cl)cc1)C(=O)Cc1ccc(OC)c(OC)c1. The molecule has 0 spiro atoms. The molecule has 3 aromatic rings. The van der Waals surface area contributed by atoms with Crippen molar-refractivity contribution < 1.29 is 23.8 Å². The van der Waals surface area contributed by atoms with E-state index in [1.807, 2.05) is 48.5 Å². The van der Waals surface area contributed by atoms with Gasteiger partial charge in [-0.05, 0) is 47.4 Å². The second-order valence-electron chi connectivity index (χ2n) is 8.86. The molecule has 1 N–H and O–H groups in total. The Morgan fingerprint density at radius 1 is 0.868 bits per heavy atom. The zero-order valence-corrected chi connectivity index (χ0v) is 22.9. The van der Waals surface area contributed by atoms with E-state index in [2.05, 4.69) is 5.32 Å². The van der Waals surface area contributed by atoms with Crippen LogP contribution < -0.4 is 14.8 Å². The van der Waals surface area contributed by atoms with Crippen LogP contribution in [-0.2, 0) is 33.7 Å². The number of hydrogen-bond donors (Lipinski definition) is 1. The summed E-state index contributed by atoms with van der Waals surface area (Å²) in [4.78, 5) is 29.1. The number of ether oxygens (including phenoxy) is 3. The maximum Gasteiger partial charge on any atom is 0.243 e. The lowest BCUT2D eigenvalue weighted by atomic mass is 10.0. The predicted molar refractivity (Wildman–Crippen MR) is 149 cm³/mol. The molecule has 0 aliphatic carbocycles. The zero-order chi connectivity index (χ0) is 27.3. The van der Waals surface area contributed by atoms with E-state index in [4.69, 9.17) is 25.8 Å². The van der Waals surface area contributed by atoms with Gasteiger partial charge >= 0.3 is 0 Å². The standard InChI is InChI=1S/C30H35ClN2O5/c1-36-17-7-16-32-30(35)26(18-22-8-5-4-6-9-22)33(21-23-10-13-25(31)14-11-23)29(34)20-24-12-15-27(37-2)28(19-24)38-3/h4-6,8-15,19,26H,7,16-18,20-21H2,1-3H3,(H,32,35). The predicted octanol–water partition coefficient (Wildman–Crippen LogP) is 4.69. The van der Waals surface area contributed by atoms with Crippen LogP contribution in [0, 0.1) is 0 Å². The Bertz CT molecular complexity index is 1170. The number of methoxy groups -OCH3 is 3. The molecule has 202 valence electrons. The highest BCUT2D eigenvalue weighted by molar-refractivity contribution is 6.30. The van der Waals surface area contributed by atoms with Crippen molar-refractivity contribution in [3.05, 3.63) is 94.5 Å². The summed E-state index contributed by atoms with van der Waals surface area (Å²) in [6.07, 6.45) is 1.15. The Hall–Kier alpha value is -3.55. The van der Waals surface area contributed by atoms with E-state index in [0.29, 0.717) is 42.5 Å². The minimum absolute atomic E-state index is 0.0934. The summed E-state index contributed by atoms with van der Waals surface area (Å²) in [7, 11) is 4.75. The van der Waals surface area contributed by atoms with Crippen molar-refractivity contribution in [1.29, 1.82) is 0 Å². The molecule has 3 aromatic carbocycles. The summed E-state index contributed by atoms with van der Waals surface area (Å²) < 4.78 is 15.9.